The molecule has 19 heavy (non-hydrogen) atoms. The quantitative estimate of drug-likeness (QED) is 0.921. The molecule has 106 valence electrons. The summed E-state index contributed by atoms with van der Waals surface area (Å²) in [4.78, 5) is 2.65. The lowest BCUT2D eigenvalue weighted by molar-refractivity contribution is 0.114. The van der Waals surface area contributed by atoms with Gasteiger partial charge in [-0.2, -0.15) is 5.10 Å². The number of hydrogen-bond acceptors (Lipinski definition) is 3. The molecule has 0 bridgehead atoms. The average Bonchev–Trinajstić information content (AvgIpc) is 2.98. The molecule has 0 saturated carbocycles. The maximum Gasteiger partial charge on any atom is 0.0767 e. The number of piperidine rings is 1. The molecule has 0 aliphatic carbocycles. The number of nitrogens with zero attached hydrogens (tertiary/aromatic N) is 3. The number of fused-ring (bicyclic) bond motifs is 1. The van der Waals surface area contributed by atoms with Gasteiger partial charge in [0.1, 0.15) is 0 Å². The Kier molecular flexibility index (Phi) is 3.96. The van der Waals surface area contributed by atoms with Crippen LogP contribution in [0.25, 0.3) is 0 Å². The molecule has 2 atom stereocenters. The van der Waals surface area contributed by atoms with Gasteiger partial charge in [-0.3, -0.25) is 9.58 Å². The van der Waals surface area contributed by atoms with Crippen LogP contribution < -0.4 is 5.32 Å². The van der Waals surface area contributed by atoms with E-state index in [2.05, 4.69) is 49.9 Å². The van der Waals surface area contributed by atoms with E-state index in [1.54, 1.807) is 0 Å². The molecule has 4 nitrogen and oxygen atoms in total. The highest BCUT2D eigenvalue weighted by Crippen LogP contribution is 2.30. The summed E-state index contributed by atoms with van der Waals surface area (Å²) in [7, 11) is 2.06. The standard InChI is InChI=1S/C14H23BrN4/c1-3-11-14(15)13(18(2)17-11)9-19-6-4-5-10-7-16-8-12(10)19/h10,12,16H,3-9H2,1-2H3. The van der Waals surface area contributed by atoms with Gasteiger partial charge in [-0.25, -0.2) is 0 Å². The van der Waals surface area contributed by atoms with Crippen molar-refractivity contribution >= 4 is 15.9 Å². The third kappa shape index (κ3) is 2.48. The molecule has 0 aromatic carbocycles. The van der Waals surface area contributed by atoms with E-state index in [-0.39, 0.29) is 0 Å². The van der Waals surface area contributed by atoms with E-state index in [0.29, 0.717) is 0 Å². The zero-order valence-electron chi connectivity index (χ0n) is 11.8. The van der Waals surface area contributed by atoms with Gasteiger partial charge in [-0.05, 0) is 54.2 Å². The number of halogens is 1. The number of likely N-dealkylation sites (tertiary alicyclic amines) is 1. The maximum absolute atomic E-state index is 4.61. The third-order valence-corrected chi connectivity index (χ3v) is 5.56. The van der Waals surface area contributed by atoms with E-state index in [1.807, 2.05) is 0 Å². The Balaban J connectivity index is 1.79. The molecule has 0 spiro atoms. The predicted octanol–water partition coefficient (Wildman–Crippen LogP) is 1.93. The second-order valence-corrected chi connectivity index (χ2v) is 6.58. The van der Waals surface area contributed by atoms with Crippen molar-refractivity contribution in [2.45, 2.75) is 38.8 Å². The summed E-state index contributed by atoms with van der Waals surface area (Å²) >= 11 is 3.74. The molecule has 3 heterocycles. The SMILES string of the molecule is CCc1nn(C)c(CN2CCCC3CNCC32)c1Br. The summed E-state index contributed by atoms with van der Waals surface area (Å²) in [5.74, 6) is 0.853. The fraction of sp³-hybridized carbons (Fsp3) is 0.786. The Morgan fingerprint density at radius 1 is 1.42 bits per heavy atom. The van der Waals surface area contributed by atoms with Crippen molar-refractivity contribution in [3.63, 3.8) is 0 Å². The van der Waals surface area contributed by atoms with Crippen molar-refractivity contribution in [1.82, 2.24) is 20.0 Å². The first-order valence-electron chi connectivity index (χ1n) is 7.35. The average molecular weight is 327 g/mol. The molecule has 2 aliphatic rings. The van der Waals surface area contributed by atoms with Gasteiger partial charge in [0.05, 0.1) is 15.9 Å². The minimum absolute atomic E-state index is 0.723. The van der Waals surface area contributed by atoms with Gasteiger partial charge in [-0.1, -0.05) is 6.92 Å². The van der Waals surface area contributed by atoms with E-state index < -0.39 is 0 Å². The van der Waals surface area contributed by atoms with Gasteiger partial charge < -0.3 is 5.32 Å². The molecule has 0 radical (unpaired) electrons. The molecule has 1 aromatic heterocycles. The molecule has 2 aliphatic heterocycles. The first-order valence-corrected chi connectivity index (χ1v) is 8.15. The topological polar surface area (TPSA) is 33.1 Å². The highest BCUT2D eigenvalue weighted by Gasteiger charge is 2.35. The first-order chi connectivity index (χ1) is 9.20. The lowest BCUT2D eigenvalue weighted by Gasteiger charge is -2.37. The van der Waals surface area contributed by atoms with Gasteiger partial charge in [0, 0.05) is 26.2 Å². The molecule has 2 unspecified atom stereocenters. The van der Waals surface area contributed by atoms with E-state index in [1.165, 1.54) is 41.8 Å². The van der Waals surface area contributed by atoms with Crippen molar-refractivity contribution in [3.05, 3.63) is 15.9 Å². The zero-order chi connectivity index (χ0) is 13.4. The highest BCUT2D eigenvalue weighted by molar-refractivity contribution is 9.10. The number of hydrogen-bond donors (Lipinski definition) is 1. The summed E-state index contributed by atoms with van der Waals surface area (Å²) in [5, 5.41) is 8.16. The zero-order valence-corrected chi connectivity index (χ0v) is 13.4. The maximum atomic E-state index is 4.61. The minimum Gasteiger partial charge on any atom is -0.315 e. The Labute approximate surface area is 123 Å². The van der Waals surface area contributed by atoms with Gasteiger partial charge in [-0.15, -0.1) is 0 Å². The molecule has 2 fully saturated rings. The second-order valence-electron chi connectivity index (χ2n) is 5.78. The summed E-state index contributed by atoms with van der Waals surface area (Å²) in [6.45, 7) is 6.76. The summed E-state index contributed by atoms with van der Waals surface area (Å²) in [6, 6.07) is 0.723. The third-order valence-electron chi connectivity index (χ3n) is 4.65. The highest BCUT2D eigenvalue weighted by atomic mass is 79.9. The Bertz CT molecular complexity index is 457. The van der Waals surface area contributed by atoms with E-state index in [4.69, 9.17) is 0 Å². The Hall–Kier alpha value is -0.390. The van der Waals surface area contributed by atoms with Crippen molar-refractivity contribution < 1.29 is 0 Å². The number of aromatic nitrogens is 2. The molecule has 3 rings (SSSR count). The van der Waals surface area contributed by atoms with Crippen LogP contribution in [0.2, 0.25) is 0 Å². The Morgan fingerprint density at radius 3 is 3.00 bits per heavy atom. The fourth-order valence-electron chi connectivity index (χ4n) is 3.54. The Morgan fingerprint density at radius 2 is 2.26 bits per heavy atom. The number of rotatable bonds is 3. The van der Waals surface area contributed by atoms with E-state index in [0.717, 1.165) is 31.5 Å². The lowest BCUT2D eigenvalue weighted by atomic mass is 9.92. The first kappa shape index (κ1) is 13.6. The lowest BCUT2D eigenvalue weighted by Crippen LogP contribution is -2.44. The molecular weight excluding hydrogens is 304 g/mol. The summed E-state index contributed by atoms with van der Waals surface area (Å²) in [5.41, 5.74) is 2.50. The van der Waals surface area contributed by atoms with Crippen LogP contribution in [-0.4, -0.2) is 40.4 Å². The molecule has 1 aromatic rings. The molecule has 1 N–H and O–H groups in total. The van der Waals surface area contributed by atoms with Gasteiger partial charge >= 0.3 is 0 Å². The van der Waals surface area contributed by atoms with Crippen molar-refractivity contribution in [2.75, 3.05) is 19.6 Å². The fourth-order valence-corrected chi connectivity index (χ4v) is 4.29. The van der Waals surface area contributed by atoms with Crippen molar-refractivity contribution in [2.24, 2.45) is 13.0 Å². The number of aryl methyl sites for hydroxylation is 2. The summed E-state index contributed by atoms with van der Waals surface area (Å²) in [6.07, 6.45) is 3.71. The van der Waals surface area contributed by atoms with Crippen LogP contribution in [0.15, 0.2) is 4.47 Å². The van der Waals surface area contributed by atoms with Crippen LogP contribution in [0.4, 0.5) is 0 Å². The van der Waals surface area contributed by atoms with Crippen LogP contribution in [0.1, 0.15) is 31.2 Å². The number of nitrogens with one attached hydrogen (secondary N) is 1. The predicted molar refractivity (Wildman–Crippen MR) is 80.1 cm³/mol. The van der Waals surface area contributed by atoms with Crippen molar-refractivity contribution in [1.29, 1.82) is 0 Å². The minimum atomic E-state index is 0.723. The molecule has 2 saturated heterocycles. The monoisotopic (exact) mass is 326 g/mol. The molecular formula is C14H23BrN4. The smallest absolute Gasteiger partial charge is 0.0767 e. The van der Waals surface area contributed by atoms with Crippen molar-refractivity contribution in [3.8, 4) is 0 Å². The van der Waals surface area contributed by atoms with Gasteiger partial charge in [0.15, 0.2) is 0 Å². The van der Waals surface area contributed by atoms with Crippen LogP contribution in [-0.2, 0) is 20.0 Å². The van der Waals surface area contributed by atoms with Crippen LogP contribution in [0.3, 0.4) is 0 Å². The largest absolute Gasteiger partial charge is 0.315 e. The summed E-state index contributed by atoms with van der Waals surface area (Å²) < 4.78 is 3.26. The second kappa shape index (κ2) is 5.54. The van der Waals surface area contributed by atoms with Gasteiger partial charge in [0.25, 0.3) is 0 Å². The van der Waals surface area contributed by atoms with Crippen LogP contribution >= 0.6 is 15.9 Å². The van der Waals surface area contributed by atoms with Crippen LogP contribution in [0.5, 0.6) is 0 Å². The van der Waals surface area contributed by atoms with Crippen LogP contribution in [0, 0.1) is 5.92 Å². The van der Waals surface area contributed by atoms with E-state index >= 15 is 0 Å². The van der Waals surface area contributed by atoms with Gasteiger partial charge in [0.2, 0.25) is 0 Å². The normalized spacial score (nSPS) is 27.7. The molecule has 5 heteroatoms. The molecule has 0 amide bonds. The van der Waals surface area contributed by atoms with E-state index in [9.17, 15) is 0 Å².